The molecule has 16 heavy (non-hydrogen) atoms. The fraction of sp³-hybridized carbons (Fsp3) is 0.231. The summed E-state index contributed by atoms with van der Waals surface area (Å²) in [6.07, 6.45) is 0. The monoisotopic (exact) mass is 233 g/mol. The largest absolute Gasteiger partial charge is 0.392 e. The average molecular weight is 233 g/mol. The predicted molar refractivity (Wildman–Crippen MR) is 68.8 cm³/mol. The first-order valence-corrected chi connectivity index (χ1v) is 6.11. The summed E-state index contributed by atoms with van der Waals surface area (Å²) in [7, 11) is 2.05. The van der Waals surface area contributed by atoms with Gasteiger partial charge in [-0.25, -0.2) is 0 Å². The summed E-state index contributed by atoms with van der Waals surface area (Å²) >= 11 is 1.76. The van der Waals surface area contributed by atoms with Gasteiger partial charge in [-0.3, -0.25) is 0 Å². The third-order valence-electron chi connectivity index (χ3n) is 2.55. The summed E-state index contributed by atoms with van der Waals surface area (Å²) in [4.78, 5) is 3.49. The lowest BCUT2D eigenvalue weighted by atomic mass is 10.1. The van der Waals surface area contributed by atoms with E-state index >= 15 is 0 Å². The van der Waals surface area contributed by atoms with Crippen LogP contribution in [0.2, 0.25) is 0 Å². The van der Waals surface area contributed by atoms with Crippen LogP contribution in [0.4, 0.5) is 5.69 Å². The molecule has 0 bridgehead atoms. The second-order valence-corrected chi connectivity index (χ2v) is 4.75. The smallest absolute Gasteiger partial charge is 0.0702 e. The summed E-state index contributed by atoms with van der Waals surface area (Å²) < 4.78 is 0. The van der Waals surface area contributed by atoms with Crippen molar-refractivity contribution in [1.29, 1.82) is 0 Å². The summed E-state index contributed by atoms with van der Waals surface area (Å²) in [5.74, 6) is 0. The number of anilines is 1. The van der Waals surface area contributed by atoms with Crippen LogP contribution in [-0.4, -0.2) is 12.2 Å². The maximum atomic E-state index is 9.27. The molecule has 0 radical (unpaired) electrons. The Morgan fingerprint density at radius 3 is 2.69 bits per heavy atom. The van der Waals surface area contributed by atoms with Crippen LogP contribution >= 0.6 is 11.3 Å². The molecule has 1 N–H and O–H groups in total. The standard InChI is InChI=1S/C13H15NOS/c1-14(9-12-6-4-8-16-12)13-7-3-2-5-11(13)10-15/h2-8,15H,9-10H2,1H3. The van der Waals surface area contributed by atoms with Crippen LogP contribution in [0.25, 0.3) is 0 Å². The van der Waals surface area contributed by atoms with Crippen molar-refractivity contribution >= 4 is 17.0 Å². The molecule has 3 heteroatoms. The lowest BCUT2D eigenvalue weighted by molar-refractivity contribution is 0.282. The van der Waals surface area contributed by atoms with Crippen LogP contribution in [0.3, 0.4) is 0 Å². The van der Waals surface area contributed by atoms with Gasteiger partial charge in [0.2, 0.25) is 0 Å². The zero-order chi connectivity index (χ0) is 11.4. The molecule has 0 aliphatic rings. The van der Waals surface area contributed by atoms with Crippen LogP contribution < -0.4 is 4.90 Å². The Morgan fingerprint density at radius 2 is 2.00 bits per heavy atom. The summed E-state index contributed by atoms with van der Waals surface area (Å²) in [6.45, 7) is 0.972. The molecule has 0 saturated heterocycles. The van der Waals surface area contributed by atoms with E-state index in [1.54, 1.807) is 11.3 Å². The Hall–Kier alpha value is -1.32. The first-order chi connectivity index (χ1) is 7.81. The molecule has 1 aromatic carbocycles. The SMILES string of the molecule is CN(Cc1cccs1)c1ccccc1CO. The molecule has 0 atom stereocenters. The number of nitrogens with zero attached hydrogens (tertiary/aromatic N) is 1. The van der Waals surface area contributed by atoms with Gasteiger partial charge in [-0.1, -0.05) is 24.3 Å². The Labute approximate surface area is 99.8 Å². The van der Waals surface area contributed by atoms with E-state index in [0.29, 0.717) is 0 Å². The van der Waals surface area contributed by atoms with Gasteiger partial charge in [0.15, 0.2) is 0 Å². The van der Waals surface area contributed by atoms with E-state index in [1.165, 1.54) is 4.88 Å². The molecule has 0 aliphatic heterocycles. The van der Waals surface area contributed by atoms with Crippen molar-refractivity contribution in [1.82, 2.24) is 0 Å². The molecule has 0 saturated carbocycles. The van der Waals surface area contributed by atoms with Gasteiger partial charge in [-0.15, -0.1) is 11.3 Å². The van der Waals surface area contributed by atoms with Crippen molar-refractivity contribution in [3.8, 4) is 0 Å². The molecule has 2 nitrogen and oxygen atoms in total. The van der Waals surface area contributed by atoms with Crippen molar-refractivity contribution in [3.63, 3.8) is 0 Å². The van der Waals surface area contributed by atoms with Gasteiger partial charge in [0.1, 0.15) is 0 Å². The fourth-order valence-electron chi connectivity index (χ4n) is 1.74. The quantitative estimate of drug-likeness (QED) is 0.877. The number of hydrogen-bond acceptors (Lipinski definition) is 3. The Kier molecular flexibility index (Phi) is 3.59. The number of para-hydroxylation sites is 1. The minimum Gasteiger partial charge on any atom is -0.392 e. The first-order valence-electron chi connectivity index (χ1n) is 5.23. The number of rotatable bonds is 4. The zero-order valence-corrected chi connectivity index (χ0v) is 10.1. The van der Waals surface area contributed by atoms with Crippen molar-refractivity contribution in [2.45, 2.75) is 13.2 Å². The van der Waals surface area contributed by atoms with Gasteiger partial charge < -0.3 is 10.0 Å². The van der Waals surface area contributed by atoms with E-state index in [1.807, 2.05) is 31.3 Å². The highest BCUT2D eigenvalue weighted by molar-refractivity contribution is 7.09. The van der Waals surface area contributed by atoms with Gasteiger partial charge in [-0.2, -0.15) is 0 Å². The second-order valence-electron chi connectivity index (χ2n) is 3.72. The highest BCUT2D eigenvalue weighted by Gasteiger charge is 2.06. The maximum Gasteiger partial charge on any atom is 0.0702 e. The predicted octanol–water partition coefficient (Wildman–Crippen LogP) is 2.88. The normalized spacial score (nSPS) is 10.4. The number of thiophene rings is 1. The van der Waals surface area contributed by atoms with Gasteiger partial charge >= 0.3 is 0 Å². The fourth-order valence-corrected chi connectivity index (χ4v) is 2.50. The van der Waals surface area contributed by atoms with Crippen LogP contribution in [0.5, 0.6) is 0 Å². The number of aliphatic hydroxyl groups excluding tert-OH is 1. The van der Waals surface area contributed by atoms with E-state index in [0.717, 1.165) is 17.8 Å². The third kappa shape index (κ3) is 2.43. The molecule has 0 unspecified atom stereocenters. The topological polar surface area (TPSA) is 23.5 Å². The van der Waals surface area contributed by atoms with E-state index in [2.05, 4.69) is 22.4 Å². The molecule has 2 aromatic rings. The molecule has 1 aromatic heterocycles. The molecular formula is C13H15NOS. The number of aliphatic hydroxyl groups is 1. The minimum atomic E-state index is 0.0882. The molecule has 2 rings (SSSR count). The van der Waals surface area contributed by atoms with Crippen LogP contribution in [0.15, 0.2) is 41.8 Å². The van der Waals surface area contributed by atoms with Gasteiger partial charge in [0, 0.05) is 23.2 Å². The van der Waals surface area contributed by atoms with Crippen LogP contribution in [-0.2, 0) is 13.2 Å². The van der Waals surface area contributed by atoms with Crippen LogP contribution in [0.1, 0.15) is 10.4 Å². The van der Waals surface area contributed by atoms with Crippen molar-refractivity contribution in [3.05, 3.63) is 52.2 Å². The molecule has 0 aliphatic carbocycles. The van der Waals surface area contributed by atoms with Gasteiger partial charge in [-0.05, 0) is 17.5 Å². The number of hydrogen-bond donors (Lipinski definition) is 1. The maximum absolute atomic E-state index is 9.27. The molecular weight excluding hydrogens is 218 g/mol. The zero-order valence-electron chi connectivity index (χ0n) is 9.26. The summed E-state index contributed by atoms with van der Waals surface area (Å²) in [6, 6.07) is 12.1. The number of benzene rings is 1. The van der Waals surface area contributed by atoms with Crippen molar-refractivity contribution < 1.29 is 5.11 Å². The third-order valence-corrected chi connectivity index (χ3v) is 3.41. The van der Waals surface area contributed by atoms with Gasteiger partial charge in [0.05, 0.1) is 13.2 Å². The van der Waals surface area contributed by atoms with Crippen molar-refractivity contribution in [2.24, 2.45) is 0 Å². The van der Waals surface area contributed by atoms with E-state index in [9.17, 15) is 5.11 Å². The minimum absolute atomic E-state index is 0.0882. The van der Waals surface area contributed by atoms with Crippen LogP contribution in [0, 0.1) is 0 Å². The summed E-state index contributed by atoms with van der Waals surface area (Å²) in [5.41, 5.74) is 2.07. The highest BCUT2D eigenvalue weighted by Crippen LogP contribution is 2.22. The lowest BCUT2D eigenvalue weighted by Gasteiger charge is -2.21. The molecule has 0 spiro atoms. The van der Waals surface area contributed by atoms with E-state index < -0.39 is 0 Å². The van der Waals surface area contributed by atoms with E-state index in [4.69, 9.17) is 0 Å². The molecule has 0 fully saturated rings. The molecule has 84 valence electrons. The van der Waals surface area contributed by atoms with Crippen molar-refractivity contribution in [2.75, 3.05) is 11.9 Å². The second kappa shape index (κ2) is 5.14. The van der Waals surface area contributed by atoms with Gasteiger partial charge in [0.25, 0.3) is 0 Å². The molecule has 1 heterocycles. The lowest BCUT2D eigenvalue weighted by Crippen LogP contribution is -2.17. The Bertz CT molecular complexity index is 439. The average Bonchev–Trinajstić information content (AvgIpc) is 2.81. The summed E-state index contributed by atoms with van der Waals surface area (Å²) in [5, 5.41) is 11.4. The Morgan fingerprint density at radius 1 is 1.19 bits per heavy atom. The van der Waals surface area contributed by atoms with E-state index in [-0.39, 0.29) is 6.61 Å². The Balaban J connectivity index is 2.17. The molecule has 0 amide bonds. The highest BCUT2D eigenvalue weighted by atomic mass is 32.1. The first kappa shape index (κ1) is 11.2.